The summed E-state index contributed by atoms with van der Waals surface area (Å²) in [4.78, 5) is 0. The zero-order valence-electron chi connectivity index (χ0n) is 17.7. The number of aromatic hydroxyl groups is 1. The summed E-state index contributed by atoms with van der Waals surface area (Å²) in [5.74, 6) is 2.06. The molecule has 0 amide bonds. The van der Waals surface area contributed by atoms with Crippen LogP contribution in [0.1, 0.15) is 108 Å². The quantitative estimate of drug-likeness (QED) is 0.524. The largest absolute Gasteiger partial charge is 0.508 e. The topological polar surface area (TPSA) is 40.5 Å². The van der Waals surface area contributed by atoms with Gasteiger partial charge in [-0.25, -0.2) is 0 Å². The molecule has 0 radical (unpaired) electrons. The molecule has 0 saturated heterocycles. The van der Waals surface area contributed by atoms with Gasteiger partial charge < -0.3 is 10.2 Å². The lowest BCUT2D eigenvalue weighted by atomic mass is 9.62. The molecular formula is C25H40O2. The average Bonchev–Trinajstić information content (AvgIpc) is 2.64. The van der Waals surface area contributed by atoms with Crippen molar-refractivity contribution in [2.75, 3.05) is 0 Å². The normalized spacial score (nSPS) is 28.7. The molecule has 0 heterocycles. The van der Waals surface area contributed by atoms with Crippen molar-refractivity contribution in [2.24, 2.45) is 11.8 Å². The number of hydrogen-bond donors (Lipinski definition) is 2. The first-order chi connectivity index (χ1) is 12.9. The highest BCUT2D eigenvalue weighted by Crippen LogP contribution is 2.50. The van der Waals surface area contributed by atoms with Gasteiger partial charge in [-0.3, -0.25) is 0 Å². The van der Waals surface area contributed by atoms with E-state index in [4.69, 9.17) is 0 Å². The highest BCUT2D eigenvalue weighted by molar-refractivity contribution is 5.42. The Morgan fingerprint density at radius 1 is 1.04 bits per heavy atom. The lowest BCUT2D eigenvalue weighted by Gasteiger charge is -2.43. The van der Waals surface area contributed by atoms with Crippen LogP contribution in [0.4, 0.5) is 0 Å². The first-order valence-corrected chi connectivity index (χ1v) is 11.4. The van der Waals surface area contributed by atoms with Crippen LogP contribution in [0.2, 0.25) is 0 Å². The maximum atomic E-state index is 10.9. The molecular weight excluding hydrogens is 332 g/mol. The number of benzene rings is 1. The molecule has 0 bridgehead atoms. The zero-order valence-corrected chi connectivity index (χ0v) is 17.7. The van der Waals surface area contributed by atoms with E-state index in [1.807, 2.05) is 6.07 Å². The van der Waals surface area contributed by atoms with Gasteiger partial charge in [0.2, 0.25) is 0 Å². The second-order valence-electron chi connectivity index (χ2n) is 9.91. The third-order valence-corrected chi connectivity index (χ3v) is 7.45. The Labute approximate surface area is 166 Å². The minimum absolute atomic E-state index is 0.100. The maximum Gasteiger partial charge on any atom is 0.119 e. The molecule has 2 fully saturated rings. The van der Waals surface area contributed by atoms with Crippen molar-refractivity contribution >= 4 is 0 Å². The van der Waals surface area contributed by atoms with E-state index in [0.29, 0.717) is 23.5 Å². The number of rotatable bonds is 7. The number of unbranched alkanes of at least 4 members (excludes halogenated alkanes) is 3. The van der Waals surface area contributed by atoms with Crippen molar-refractivity contribution in [3.05, 3.63) is 29.3 Å². The Hall–Kier alpha value is -1.02. The lowest BCUT2D eigenvalue weighted by Crippen LogP contribution is -2.36. The smallest absolute Gasteiger partial charge is 0.119 e. The summed E-state index contributed by atoms with van der Waals surface area (Å²) < 4.78 is 0. The Morgan fingerprint density at radius 2 is 1.81 bits per heavy atom. The molecule has 4 atom stereocenters. The van der Waals surface area contributed by atoms with Gasteiger partial charge in [-0.15, -0.1) is 0 Å². The van der Waals surface area contributed by atoms with Crippen molar-refractivity contribution < 1.29 is 10.2 Å². The molecule has 2 aliphatic carbocycles. The molecule has 4 unspecified atom stereocenters. The zero-order chi connectivity index (χ0) is 19.4. The minimum atomic E-state index is -0.205. The summed E-state index contributed by atoms with van der Waals surface area (Å²) in [5, 5.41) is 21.3. The van der Waals surface area contributed by atoms with Gasteiger partial charge in [-0.05, 0) is 66.0 Å². The molecule has 3 rings (SSSR count). The summed E-state index contributed by atoms with van der Waals surface area (Å²) >= 11 is 0. The van der Waals surface area contributed by atoms with Gasteiger partial charge >= 0.3 is 0 Å². The van der Waals surface area contributed by atoms with Crippen molar-refractivity contribution in [1.29, 1.82) is 0 Å². The number of phenols is 1. The molecule has 2 nitrogen and oxygen atoms in total. The van der Waals surface area contributed by atoms with Gasteiger partial charge in [-0.2, -0.15) is 0 Å². The molecule has 1 aromatic carbocycles. The predicted octanol–water partition coefficient (Wildman–Crippen LogP) is 6.68. The molecule has 2 heteroatoms. The molecule has 27 heavy (non-hydrogen) atoms. The fourth-order valence-corrected chi connectivity index (χ4v) is 5.75. The van der Waals surface area contributed by atoms with Crippen LogP contribution in [-0.2, 0) is 5.41 Å². The molecule has 0 aromatic heterocycles. The standard InChI is InChI=1S/C25H40O2/c1-4-5-6-9-14-25(2,3)19-12-13-22(24(27)16-19)23-17-20(26)15-18-10-7-8-11-21(18)23/h12-13,16,18,20-21,23,26-27H,4-11,14-15,17H2,1-3H3. The lowest BCUT2D eigenvalue weighted by molar-refractivity contribution is 0.0322. The van der Waals surface area contributed by atoms with Crippen LogP contribution in [0, 0.1) is 11.8 Å². The summed E-state index contributed by atoms with van der Waals surface area (Å²) in [5.41, 5.74) is 2.43. The Balaban J connectivity index is 1.75. The van der Waals surface area contributed by atoms with Gasteiger partial charge in [-0.1, -0.05) is 77.8 Å². The van der Waals surface area contributed by atoms with Gasteiger partial charge in [0.05, 0.1) is 6.10 Å². The van der Waals surface area contributed by atoms with Crippen molar-refractivity contribution in [3.8, 4) is 5.75 Å². The average molecular weight is 373 g/mol. The molecule has 152 valence electrons. The number of aliphatic hydroxyl groups excluding tert-OH is 1. The van der Waals surface area contributed by atoms with Gasteiger partial charge in [0.25, 0.3) is 0 Å². The third-order valence-electron chi connectivity index (χ3n) is 7.45. The van der Waals surface area contributed by atoms with Crippen LogP contribution in [0.3, 0.4) is 0 Å². The highest BCUT2D eigenvalue weighted by atomic mass is 16.3. The van der Waals surface area contributed by atoms with Crippen LogP contribution >= 0.6 is 0 Å². The molecule has 0 spiro atoms. The highest BCUT2D eigenvalue weighted by Gasteiger charge is 2.40. The van der Waals surface area contributed by atoms with E-state index < -0.39 is 0 Å². The van der Waals surface area contributed by atoms with E-state index in [1.165, 1.54) is 63.4 Å². The number of fused-ring (bicyclic) bond motifs is 1. The molecule has 2 saturated carbocycles. The van der Waals surface area contributed by atoms with Gasteiger partial charge in [0, 0.05) is 0 Å². The molecule has 1 aromatic rings. The van der Waals surface area contributed by atoms with E-state index in [2.05, 4.69) is 32.9 Å². The van der Waals surface area contributed by atoms with E-state index in [-0.39, 0.29) is 11.5 Å². The first-order valence-electron chi connectivity index (χ1n) is 11.4. The molecule has 2 aliphatic rings. The van der Waals surface area contributed by atoms with E-state index in [1.54, 1.807) is 0 Å². The van der Waals surface area contributed by atoms with E-state index in [0.717, 1.165) is 18.4 Å². The minimum Gasteiger partial charge on any atom is -0.508 e. The second kappa shape index (κ2) is 8.99. The molecule has 2 N–H and O–H groups in total. The number of phenolic OH excluding ortho intramolecular Hbond substituents is 1. The number of aliphatic hydroxyl groups is 1. The fraction of sp³-hybridized carbons (Fsp3) is 0.760. The maximum absolute atomic E-state index is 10.9. The predicted molar refractivity (Wildman–Crippen MR) is 113 cm³/mol. The van der Waals surface area contributed by atoms with E-state index >= 15 is 0 Å². The van der Waals surface area contributed by atoms with Gasteiger partial charge in [0.1, 0.15) is 5.75 Å². The summed E-state index contributed by atoms with van der Waals surface area (Å²) in [7, 11) is 0. The Bertz CT molecular complexity index is 606. The molecule has 0 aliphatic heterocycles. The van der Waals surface area contributed by atoms with E-state index in [9.17, 15) is 10.2 Å². The SMILES string of the molecule is CCCCCCC(C)(C)c1ccc(C2CC(O)CC3CCCCC32)c(O)c1. The van der Waals surface area contributed by atoms with Crippen LogP contribution in [0.15, 0.2) is 18.2 Å². The fourth-order valence-electron chi connectivity index (χ4n) is 5.75. The van der Waals surface area contributed by atoms with Crippen molar-refractivity contribution in [2.45, 2.75) is 109 Å². The second-order valence-corrected chi connectivity index (χ2v) is 9.91. The van der Waals surface area contributed by atoms with Crippen LogP contribution in [0.5, 0.6) is 5.75 Å². The Morgan fingerprint density at radius 3 is 2.56 bits per heavy atom. The van der Waals surface area contributed by atoms with Crippen LogP contribution in [0.25, 0.3) is 0 Å². The summed E-state index contributed by atoms with van der Waals surface area (Å²) in [6.45, 7) is 6.85. The van der Waals surface area contributed by atoms with Gasteiger partial charge in [0.15, 0.2) is 0 Å². The summed E-state index contributed by atoms with van der Waals surface area (Å²) in [6.07, 6.45) is 13.0. The summed E-state index contributed by atoms with van der Waals surface area (Å²) in [6, 6.07) is 6.44. The first kappa shape index (κ1) is 20.7. The monoisotopic (exact) mass is 372 g/mol. The Kier molecular flexibility index (Phi) is 6.89. The van der Waals surface area contributed by atoms with Crippen LogP contribution < -0.4 is 0 Å². The van der Waals surface area contributed by atoms with Crippen molar-refractivity contribution in [3.63, 3.8) is 0 Å². The number of hydrogen-bond acceptors (Lipinski definition) is 2. The van der Waals surface area contributed by atoms with Crippen LogP contribution in [-0.4, -0.2) is 16.3 Å². The third kappa shape index (κ3) is 4.88. The van der Waals surface area contributed by atoms with Crippen molar-refractivity contribution in [1.82, 2.24) is 0 Å².